The Morgan fingerprint density at radius 1 is 1.42 bits per heavy atom. The van der Waals surface area contributed by atoms with E-state index >= 15 is 0 Å². The van der Waals surface area contributed by atoms with Crippen LogP contribution in [0.3, 0.4) is 0 Å². The molecule has 0 aromatic carbocycles. The maximum Gasteiger partial charge on any atom is 0.302 e. The number of carbonyl (C=O) groups excluding carboxylic acids is 1. The summed E-state index contributed by atoms with van der Waals surface area (Å²) in [5.74, 6) is -1.22. The van der Waals surface area contributed by atoms with Gasteiger partial charge in [0.1, 0.15) is 0 Å². The summed E-state index contributed by atoms with van der Waals surface area (Å²) in [4.78, 5) is 19.0. The summed E-state index contributed by atoms with van der Waals surface area (Å²) in [7, 11) is -4.53. The summed E-state index contributed by atoms with van der Waals surface area (Å²) in [6, 6.07) is 0. The van der Waals surface area contributed by atoms with Crippen molar-refractivity contribution in [2.75, 3.05) is 17.2 Å². The zero-order chi connectivity index (χ0) is 13.6. The zero-order valence-corrected chi connectivity index (χ0v) is 11.8. The van der Waals surface area contributed by atoms with E-state index in [2.05, 4.69) is 4.98 Å². The van der Waals surface area contributed by atoms with Gasteiger partial charge in [-0.05, 0) is 19.3 Å². The fraction of sp³-hybridized carbons (Fsp3) is 0.636. The van der Waals surface area contributed by atoms with Crippen LogP contribution in [0.4, 0.5) is 9.02 Å². The van der Waals surface area contributed by atoms with Crippen molar-refractivity contribution in [1.29, 1.82) is 0 Å². The molecule has 1 saturated heterocycles. The van der Waals surface area contributed by atoms with Crippen LogP contribution in [0.2, 0.25) is 0 Å². The van der Waals surface area contributed by atoms with Crippen molar-refractivity contribution in [2.45, 2.75) is 25.7 Å². The lowest BCUT2D eigenvalue weighted by molar-refractivity contribution is -0.117. The minimum absolute atomic E-state index is 0.0768. The fourth-order valence-electron chi connectivity index (χ4n) is 2.65. The second kappa shape index (κ2) is 4.52. The summed E-state index contributed by atoms with van der Waals surface area (Å²) in [6.45, 7) is 0.244. The molecular weight excluding hydrogens is 291 g/mol. The normalized spacial score (nSPS) is 23.1. The third-order valence-corrected chi connectivity index (χ3v) is 5.51. The van der Waals surface area contributed by atoms with Gasteiger partial charge in [-0.3, -0.25) is 9.69 Å². The first-order valence-electron chi connectivity index (χ1n) is 6.13. The topological polar surface area (TPSA) is 67.3 Å². The molecule has 1 amide bonds. The van der Waals surface area contributed by atoms with Crippen LogP contribution in [-0.4, -0.2) is 31.6 Å². The third kappa shape index (κ3) is 2.64. The molecule has 8 heteroatoms. The molecule has 2 aliphatic rings. The third-order valence-electron chi connectivity index (χ3n) is 3.46. The Labute approximate surface area is 114 Å². The number of halogens is 1. The highest BCUT2D eigenvalue weighted by Gasteiger charge is 2.35. The summed E-state index contributed by atoms with van der Waals surface area (Å²) in [5, 5.41) is 0.633. The summed E-state index contributed by atoms with van der Waals surface area (Å²) in [5.41, 5.74) is 1.05. The number of amides is 1. The Hall–Kier alpha value is -1.02. The van der Waals surface area contributed by atoms with Crippen molar-refractivity contribution in [2.24, 2.45) is 5.92 Å². The van der Waals surface area contributed by atoms with E-state index in [1.165, 1.54) is 21.1 Å². The van der Waals surface area contributed by atoms with Gasteiger partial charge in [-0.25, -0.2) is 4.98 Å². The molecule has 1 atom stereocenters. The number of nitrogens with zero attached hydrogens (tertiary/aromatic N) is 2. The number of thiazole rings is 1. The van der Waals surface area contributed by atoms with Crippen LogP contribution in [0, 0.1) is 5.92 Å². The van der Waals surface area contributed by atoms with E-state index in [4.69, 9.17) is 0 Å². The highest BCUT2D eigenvalue weighted by molar-refractivity contribution is 7.86. The predicted octanol–water partition coefficient (Wildman–Crippen LogP) is 1.28. The predicted molar refractivity (Wildman–Crippen MR) is 69.5 cm³/mol. The van der Waals surface area contributed by atoms with Gasteiger partial charge in [0.25, 0.3) is 0 Å². The molecule has 1 aliphatic heterocycles. The smallest absolute Gasteiger partial charge is 0.288 e. The van der Waals surface area contributed by atoms with Crippen LogP contribution in [-0.2, 0) is 27.9 Å². The molecule has 19 heavy (non-hydrogen) atoms. The summed E-state index contributed by atoms with van der Waals surface area (Å²) < 4.78 is 33.9. The minimum atomic E-state index is -4.53. The van der Waals surface area contributed by atoms with Gasteiger partial charge in [-0.1, -0.05) is 0 Å². The lowest BCUT2D eigenvalue weighted by atomic mass is 10.1. The van der Waals surface area contributed by atoms with Crippen molar-refractivity contribution in [1.82, 2.24) is 4.98 Å². The first kappa shape index (κ1) is 13.0. The van der Waals surface area contributed by atoms with Crippen molar-refractivity contribution >= 4 is 32.6 Å². The lowest BCUT2D eigenvalue weighted by Crippen LogP contribution is -2.25. The molecule has 0 N–H and O–H groups in total. The van der Waals surface area contributed by atoms with Gasteiger partial charge in [0.05, 0.1) is 11.4 Å². The molecular formula is C11H13FN2O3S2. The number of hydrogen-bond donors (Lipinski definition) is 0. The van der Waals surface area contributed by atoms with Gasteiger partial charge in [-0.15, -0.1) is 15.2 Å². The maximum atomic E-state index is 12.7. The van der Waals surface area contributed by atoms with Gasteiger partial charge in [0, 0.05) is 23.8 Å². The Morgan fingerprint density at radius 2 is 2.21 bits per heavy atom. The van der Waals surface area contributed by atoms with E-state index in [0.717, 1.165) is 25.0 Å². The quantitative estimate of drug-likeness (QED) is 0.789. The molecule has 0 radical (unpaired) electrons. The maximum absolute atomic E-state index is 12.7. The first-order valence-corrected chi connectivity index (χ1v) is 8.50. The number of aryl methyl sites for hydroxylation is 2. The largest absolute Gasteiger partial charge is 0.302 e. The standard InChI is InChI=1S/C11H13FN2O3S2/c12-19(16,17)6-7-4-10(15)14(5-7)11-13-8-2-1-3-9(8)18-11/h7H,1-6H2. The monoisotopic (exact) mass is 304 g/mol. The van der Waals surface area contributed by atoms with Crippen molar-refractivity contribution in [3.05, 3.63) is 10.6 Å². The highest BCUT2D eigenvalue weighted by Crippen LogP contribution is 2.35. The van der Waals surface area contributed by atoms with E-state index < -0.39 is 21.9 Å². The van der Waals surface area contributed by atoms with Crippen LogP contribution in [0.15, 0.2) is 0 Å². The fourth-order valence-corrected chi connectivity index (χ4v) is 4.61. The Balaban J connectivity index is 1.76. The highest BCUT2D eigenvalue weighted by atomic mass is 32.3. The summed E-state index contributed by atoms with van der Waals surface area (Å²) in [6.07, 6.45) is 3.12. The first-order chi connectivity index (χ1) is 8.92. The van der Waals surface area contributed by atoms with Gasteiger partial charge >= 0.3 is 10.2 Å². The molecule has 0 saturated carbocycles. The van der Waals surface area contributed by atoms with Crippen molar-refractivity contribution in [3.8, 4) is 0 Å². The van der Waals surface area contributed by atoms with Gasteiger partial charge < -0.3 is 0 Å². The number of fused-ring (bicyclic) bond motifs is 1. The van der Waals surface area contributed by atoms with Gasteiger partial charge in [-0.2, -0.15) is 8.42 Å². The van der Waals surface area contributed by atoms with E-state index in [1.807, 2.05) is 0 Å². The molecule has 1 aromatic heterocycles. The molecule has 1 aliphatic carbocycles. The van der Waals surface area contributed by atoms with E-state index in [1.54, 1.807) is 0 Å². The molecule has 2 heterocycles. The molecule has 1 aromatic rings. The molecule has 1 fully saturated rings. The Bertz CT molecular complexity index is 604. The van der Waals surface area contributed by atoms with Gasteiger partial charge in [0.15, 0.2) is 5.13 Å². The average molecular weight is 304 g/mol. The zero-order valence-electron chi connectivity index (χ0n) is 10.1. The molecule has 5 nitrogen and oxygen atoms in total. The minimum Gasteiger partial charge on any atom is -0.288 e. The van der Waals surface area contributed by atoms with E-state index in [0.29, 0.717) is 5.13 Å². The van der Waals surface area contributed by atoms with Crippen LogP contribution in [0.5, 0.6) is 0 Å². The molecule has 0 spiro atoms. The number of aromatic nitrogens is 1. The number of anilines is 1. The van der Waals surface area contributed by atoms with Crippen LogP contribution in [0.25, 0.3) is 0 Å². The number of rotatable bonds is 3. The molecule has 1 unspecified atom stereocenters. The number of carbonyl (C=O) groups is 1. The molecule has 3 rings (SSSR count). The lowest BCUT2D eigenvalue weighted by Gasteiger charge is -2.12. The Morgan fingerprint density at radius 3 is 2.89 bits per heavy atom. The van der Waals surface area contributed by atoms with Gasteiger partial charge in [0.2, 0.25) is 5.91 Å². The molecule has 0 bridgehead atoms. The van der Waals surface area contributed by atoms with Crippen LogP contribution < -0.4 is 4.90 Å². The van der Waals surface area contributed by atoms with Crippen LogP contribution in [0.1, 0.15) is 23.4 Å². The molecule has 104 valence electrons. The second-order valence-corrected chi connectivity index (χ2v) is 7.47. The average Bonchev–Trinajstić information content (AvgIpc) is 2.88. The van der Waals surface area contributed by atoms with E-state index in [9.17, 15) is 17.1 Å². The van der Waals surface area contributed by atoms with Crippen LogP contribution >= 0.6 is 11.3 Å². The number of hydrogen-bond acceptors (Lipinski definition) is 5. The second-order valence-electron chi connectivity index (χ2n) is 5.00. The Kier molecular flexibility index (Phi) is 3.09. The van der Waals surface area contributed by atoms with Crippen molar-refractivity contribution in [3.63, 3.8) is 0 Å². The van der Waals surface area contributed by atoms with Crippen molar-refractivity contribution < 1.29 is 17.1 Å². The van der Waals surface area contributed by atoms with E-state index in [-0.39, 0.29) is 18.9 Å². The summed E-state index contributed by atoms with van der Waals surface area (Å²) >= 11 is 1.49. The SMILES string of the molecule is O=C1CC(CS(=O)(=O)F)CN1c1nc2c(s1)CCC2.